The Hall–Kier alpha value is -1.88. The zero-order valence-electron chi connectivity index (χ0n) is 10.3. The van der Waals surface area contributed by atoms with E-state index in [-0.39, 0.29) is 13.4 Å². The molecule has 98 valence electrons. The zero-order valence-corrected chi connectivity index (χ0v) is 10.3. The van der Waals surface area contributed by atoms with Crippen LogP contribution in [0.2, 0.25) is 0 Å². The van der Waals surface area contributed by atoms with E-state index in [4.69, 9.17) is 9.47 Å². The summed E-state index contributed by atoms with van der Waals surface area (Å²) in [6.07, 6.45) is 1.11. The van der Waals surface area contributed by atoms with E-state index >= 15 is 0 Å². The Bertz CT molecular complexity index is 412. The maximum atomic E-state index is 13.3. The Morgan fingerprint density at radius 3 is 2.56 bits per heavy atom. The number of benzene rings is 1. The lowest BCUT2D eigenvalue weighted by molar-refractivity contribution is -0.140. The van der Waals surface area contributed by atoms with Crippen molar-refractivity contribution in [3.63, 3.8) is 0 Å². The van der Waals surface area contributed by atoms with E-state index in [9.17, 15) is 9.18 Å². The first-order valence-corrected chi connectivity index (χ1v) is 5.43. The van der Waals surface area contributed by atoms with Gasteiger partial charge in [0, 0.05) is 7.11 Å². The van der Waals surface area contributed by atoms with Gasteiger partial charge in [-0.15, -0.1) is 0 Å². The Morgan fingerprint density at radius 1 is 1.33 bits per heavy atom. The van der Waals surface area contributed by atoms with Crippen LogP contribution < -0.4 is 4.74 Å². The third-order valence-electron chi connectivity index (χ3n) is 1.99. The number of esters is 1. The topological polar surface area (TPSA) is 44.8 Å². The van der Waals surface area contributed by atoms with Crippen molar-refractivity contribution in [3.05, 3.63) is 35.7 Å². The van der Waals surface area contributed by atoms with Crippen molar-refractivity contribution in [2.45, 2.75) is 6.92 Å². The van der Waals surface area contributed by atoms with Gasteiger partial charge in [-0.1, -0.05) is 12.1 Å². The first-order chi connectivity index (χ1) is 8.67. The molecular formula is C13H15FO4. The second-order valence-electron chi connectivity index (χ2n) is 3.33. The van der Waals surface area contributed by atoms with E-state index in [1.165, 1.54) is 7.11 Å². The number of hydrogen-bond acceptors (Lipinski definition) is 4. The van der Waals surface area contributed by atoms with Crippen LogP contribution in [-0.4, -0.2) is 26.5 Å². The molecule has 0 aliphatic carbocycles. The predicted octanol–water partition coefficient (Wildman–Crippen LogP) is 2.54. The van der Waals surface area contributed by atoms with Crippen LogP contribution in [0.5, 0.6) is 5.75 Å². The average molecular weight is 254 g/mol. The Labute approximate surface area is 105 Å². The van der Waals surface area contributed by atoms with Gasteiger partial charge in [-0.25, -0.2) is 4.79 Å². The second kappa shape index (κ2) is 7.45. The number of rotatable bonds is 6. The summed E-state index contributed by atoms with van der Waals surface area (Å²) < 4.78 is 27.8. The maximum absolute atomic E-state index is 13.3. The standard InChI is InChI=1S/C13H15FO4/c1-3-17-13(15)12(14)8-10-4-6-11(7-5-10)18-9-16-2/h4-8H,3,9H2,1-2H3/b12-8-. The predicted molar refractivity (Wildman–Crippen MR) is 64.7 cm³/mol. The fourth-order valence-corrected chi connectivity index (χ4v) is 1.19. The van der Waals surface area contributed by atoms with Gasteiger partial charge in [-0.05, 0) is 30.7 Å². The molecule has 0 amide bonds. The molecule has 0 fully saturated rings. The van der Waals surface area contributed by atoms with E-state index in [0.29, 0.717) is 11.3 Å². The minimum absolute atomic E-state index is 0.143. The van der Waals surface area contributed by atoms with Gasteiger partial charge in [0.25, 0.3) is 0 Å². The number of carbonyl (C=O) groups excluding carboxylic acids is 1. The van der Waals surface area contributed by atoms with Gasteiger partial charge in [-0.2, -0.15) is 4.39 Å². The van der Waals surface area contributed by atoms with Gasteiger partial charge in [-0.3, -0.25) is 0 Å². The maximum Gasteiger partial charge on any atom is 0.367 e. The van der Waals surface area contributed by atoms with Gasteiger partial charge in [0.1, 0.15) is 5.75 Å². The van der Waals surface area contributed by atoms with Crippen LogP contribution in [0, 0.1) is 0 Å². The van der Waals surface area contributed by atoms with E-state index in [1.54, 1.807) is 31.2 Å². The normalized spacial score (nSPS) is 11.2. The summed E-state index contributed by atoms with van der Waals surface area (Å²) in [5.41, 5.74) is 0.547. The fourth-order valence-electron chi connectivity index (χ4n) is 1.19. The molecule has 0 N–H and O–H groups in total. The molecule has 0 aliphatic heterocycles. The van der Waals surface area contributed by atoms with Crippen LogP contribution in [0.1, 0.15) is 12.5 Å². The number of hydrogen-bond donors (Lipinski definition) is 0. The lowest BCUT2D eigenvalue weighted by Gasteiger charge is -2.04. The average Bonchev–Trinajstić information content (AvgIpc) is 2.38. The molecule has 0 bridgehead atoms. The number of ether oxygens (including phenoxy) is 3. The molecule has 1 aromatic carbocycles. The quantitative estimate of drug-likeness (QED) is 0.444. The summed E-state index contributed by atoms with van der Waals surface area (Å²) in [5.74, 6) is -1.29. The van der Waals surface area contributed by atoms with Gasteiger partial charge < -0.3 is 14.2 Å². The largest absolute Gasteiger partial charge is 0.468 e. The summed E-state index contributed by atoms with van der Waals surface area (Å²) in [7, 11) is 1.52. The highest BCUT2D eigenvalue weighted by Gasteiger charge is 2.08. The molecule has 1 aromatic rings. The minimum atomic E-state index is -0.961. The van der Waals surface area contributed by atoms with Crippen LogP contribution in [-0.2, 0) is 14.3 Å². The van der Waals surface area contributed by atoms with Crippen molar-refractivity contribution in [2.75, 3.05) is 20.5 Å². The van der Waals surface area contributed by atoms with Crippen molar-refractivity contribution in [3.8, 4) is 5.75 Å². The monoisotopic (exact) mass is 254 g/mol. The van der Waals surface area contributed by atoms with Crippen LogP contribution in [0.25, 0.3) is 6.08 Å². The van der Waals surface area contributed by atoms with Crippen molar-refractivity contribution in [1.82, 2.24) is 0 Å². The number of carbonyl (C=O) groups is 1. The van der Waals surface area contributed by atoms with E-state index in [1.807, 2.05) is 0 Å². The van der Waals surface area contributed by atoms with E-state index in [2.05, 4.69) is 4.74 Å². The van der Waals surface area contributed by atoms with Crippen LogP contribution in [0.15, 0.2) is 30.1 Å². The summed E-state index contributed by atoms with van der Waals surface area (Å²) in [6.45, 7) is 1.91. The highest BCUT2D eigenvalue weighted by Crippen LogP contribution is 2.15. The van der Waals surface area contributed by atoms with Gasteiger partial charge >= 0.3 is 5.97 Å². The summed E-state index contributed by atoms with van der Waals surface area (Å²) in [4.78, 5) is 11.0. The highest BCUT2D eigenvalue weighted by molar-refractivity contribution is 5.91. The van der Waals surface area contributed by atoms with Crippen molar-refractivity contribution >= 4 is 12.0 Å². The Morgan fingerprint density at radius 2 is 2.00 bits per heavy atom. The SMILES string of the molecule is CCOC(=O)/C(F)=C/c1ccc(OCOC)cc1. The fraction of sp³-hybridized carbons (Fsp3) is 0.308. The third-order valence-corrected chi connectivity index (χ3v) is 1.99. The Kier molecular flexibility index (Phi) is 5.87. The first-order valence-electron chi connectivity index (χ1n) is 5.43. The van der Waals surface area contributed by atoms with Crippen molar-refractivity contribution in [1.29, 1.82) is 0 Å². The summed E-state index contributed by atoms with van der Waals surface area (Å²) in [6, 6.07) is 6.57. The molecule has 0 radical (unpaired) electrons. The molecule has 4 nitrogen and oxygen atoms in total. The van der Waals surface area contributed by atoms with Gasteiger partial charge in [0.05, 0.1) is 6.61 Å². The van der Waals surface area contributed by atoms with Crippen LogP contribution >= 0.6 is 0 Å². The molecule has 0 aliphatic rings. The number of methoxy groups -OCH3 is 1. The zero-order chi connectivity index (χ0) is 13.4. The third kappa shape index (κ3) is 4.55. The molecule has 0 saturated heterocycles. The summed E-state index contributed by atoms with van der Waals surface area (Å²) in [5, 5.41) is 0. The molecule has 5 heteroatoms. The summed E-state index contributed by atoms with van der Waals surface area (Å²) >= 11 is 0. The van der Waals surface area contributed by atoms with Gasteiger partial charge in [0.2, 0.25) is 5.83 Å². The first kappa shape index (κ1) is 14.2. The lowest BCUT2D eigenvalue weighted by Crippen LogP contribution is -2.03. The second-order valence-corrected chi connectivity index (χ2v) is 3.33. The molecule has 0 atom stereocenters. The molecule has 0 spiro atoms. The Balaban J connectivity index is 2.67. The lowest BCUT2D eigenvalue weighted by atomic mass is 10.2. The van der Waals surface area contributed by atoms with Crippen LogP contribution in [0.3, 0.4) is 0 Å². The van der Waals surface area contributed by atoms with E-state index < -0.39 is 11.8 Å². The smallest absolute Gasteiger partial charge is 0.367 e. The highest BCUT2D eigenvalue weighted by atomic mass is 19.1. The molecular weight excluding hydrogens is 239 g/mol. The minimum Gasteiger partial charge on any atom is -0.468 e. The molecule has 18 heavy (non-hydrogen) atoms. The molecule has 0 heterocycles. The van der Waals surface area contributed by atoms with Crippen molar-refractivity contribution < 1.29 is 23.4 Å². The van der Waals surface area contributed by atoms with Crippen LogP contribution in [0.4, 0.5) is 4.39 Å². The number of halogens is 1. The molecule has 1 rings (SSSR count). The van der Waals surface area contributed by atoms with Crippen molar-refractivity contribution in [2.24, 2.45) is 0 Å². The molecule has 0 aromatic heterocycles. The van der Waals surface area contributed by atoms with E-state index in [0.717, 1.165) is 6.08 Å². The molecule has 0 saturated carbocycles. The molecule has 0 unspecified atom stereocenters. The van der Waals surface area contributed by atoms with Gasteiger partial charge in [0.15, 0.2) is 6.79 Å².